The molecule has 56 valence electrons. The van der Waals surface area contributed by atoms with Crippen LogP contribution in [-0.2, 0) is 0 Å². The number of hydrogen-bond acceptors (Lipinski definition) is 2. The van der Waals surface area contributed by atoms with Gasteiger partial charge in [0.1, 0.15) is 0 Å². The van der Waals surface area contributed by atoms with Crippen molar-refractivity contribution in [1.29, 1.82) is 0 Å². The van der Waals surface area contributed by atoms with Crippen molar-refractivity contribution in [3.63, 3.8) is 0 Å². The summed E-state index contributed by atoms with van der Waals surface area (Å²) in [5, 5.41) is 0. The Morgan fingerprint density at radius 1 is 1.40 bits per heavy atom. The third-order valence-electron chi connectivity index (χ3n) is 1.58. The second-order valence-electron chi connectivity index (χ2n) is 2.32. The molecule has 0 aromatic heterocycles. The average Bonchev–Trinajstić information content (AvgIpc) is 2.03. The van der Waals surface area contributed by atoms with E-state index in [0.29, 0.717) is 0 Å². The van der Waals surface area contributed by atoms with Crippen molar-refractivity contribution in [3.05, 3.63) is 0 Å². The largest absolute Gasteiger partial charge is 0.291 e. The molecule has 0 N–H and O–H groups in total. The molecule has 0 spiro atoms. The first-order valence-corrected chi connectivity index (χ1v) is 4.78. The molecule has 2 heteroatoms. The molecule has 0 amide bonds. The van der Waals surface area contributed by atoms with Gasteiger partial charge in [-0.3, -0.25) is 4.90 Å². The predicted octanol–water partition coefficient (Wildman–Crippen LogP) is 1.06. The monoisotopic (exact) mass is 155 g/mol. The summed E-state index contributed by atoms with van der Waals surface area (Å²) in [6, 6.07) is 0. The van der Waals surface area contributed by atoms with Gasteiger partial charge in [0.15, 0.2) is 0 Å². The highest BCUT2D eigenvalue weighted by atomic mass is 32.2. The second kappa shape index (κ2) is 4.65. The molecular weight excluding hydrogens is 142 g/mol. The van der Waals surface area contributed by atoms with Gasteiger partial charge in [-0.05, 0) is 6.92 Å². The molecule has 10 heavy (non-hydrogen) atoms. The first-order valence-electron chi connectivity index (χ1n) is 3.63. The number of rotatable bonds is 1. The van der Waals surface area contributed by atoms with Crippen LogP contribution in [0.1, 0.15) is 6.92 Å². The quantitative estimate of drug-likeness (QED) is 0.521. The van der Waals surface area contributed by atoms with Gasteiger partial charge in [0.2, 0.25) is 0 Å². The standard InChI is InChI=1S/C8H13NS/c1-2-3-4-9-5-7-10-8-6-9/h4-8H2,1H3. The van der Waals surface area contributed by atoms with E-state index in [4.69, 9.17) is 0 Å². The zero-order valence-electron chi connectivity index (χ0n) is 6.39. The van der Waals surface area contributed by atoms with E-state index in [2.05, 4.69) is 16.7 Å². The molecule has 1 fully saturated rings. The Hall–Kier alpha value is -0.130. The molecule has 1 heterocycles. The van der Waals surface area contributed by atoms with Crippen LogP contribution in [0.4, 0.5) is 0 Å². The molecule has 0 saturated carbocycles. The molecule has 0 bridgehead atoms. The molecule has 0 unspecified atom stereocenters. The van der Waals surface area contributed by atoms with Crippen LogP contribution in [0.5, 0.6) is 0 Å². The Bertz CT molecular complexity index is 139. The number of thioether (sulfide) groups is 1. The highest BCUT2D eigenvalue weighted by Crippen LogP contribution is 2.07. The summed E-state index contributed by atoms with van der Waals surface area (Å²) >= 11 is 2.04. The minimum atomic E-state index is 0.969. The van der Waals surface area contributed by atoms with Gasteiger partial charge in [-0.1, -0.05) is 5.92 Å². The van der Waals surface area contributed by atoms with E-state index in [1.165, 1.54) is 24.6 Å². The molecule has 0 radical (unpaired) electrons. The van der Waals surface area contributed by atoms with Crippen molar-refractivity contribution in [1.82, 2.24) is 4.90 Å². The Morgan fingerprint density at radius 3 is 2.70 bits per heavy atom. The van der Waals surface area contributed by atoms with Crippen LogP contribution in [0.15, 0.2) is 0 Å². The van der Waals surface area contributed by atoms with Crippen LogP contribution in [-0.4, -0.2) is 36.0 Å². The topological polar surface area (TPSA) is 3.24 Å². The Kier molecular flexibility index (Phi) is 3.71. The molecule has 0 atom stereocenters. The fraction of sp³-hybridized carbons (Fsp3) is 0.750. The van der Waals surface area contributed by atoms with Crippen LogP contribution in [0.25, 0.3) is 0 Å². The van der Waals surface area contributed by atoms with Crippen LogP contribution in [0.3, 0.4) is 0 Å². The molecule has 1 rings (SSSR count). The third kappa shape index (κ3) is 2.64. The van der Waals surface area contributed by atoms with Crippen molar-refractivity contribution >= 4 is 11.8 Å². The van der Waals surface area contributed by atoms with E-state index in [9.17, 15) is 0 Å². The normalized spacial score (nSPS) is 19.7. The summed E-state index contributed by atoms with van der Waals surface area (Å²) < 4.78 is 0. The maximum Gasteiger partial charge on any atom is 0.0602 e. The van der Waals surface area contributed by atoms with E-state index in [1.54, 1.807) is 0 Å². The molecule has 1 aliphatic heterocycles. The van der Waals surface area contributed by atoms with Crippen molar-refractivity contribution < 1.29 is 0 Å². The van der Waals surface area contributed by atoms with Gasteiger partial charge in [0.05, 0.1) is 6.54 Å². The molecule has 0 aliphatic carbocycles. The average molecular weight is 155 g/mol. The van der Waals surface area contributed by atoms with Crippen molar-refractivity contribution in [2.45, 2.75) is 6.92 Å². The van der Waals surface area contributed by atoms with E-state index in [-0.39, 0.29) is 0 Å². The summed E-state index contributed by atoms with van der Waals surface area (Å²) in [6.07, 6.45) is 0. The summed E-state index contributed by atoms with van der Waals surface area (Å²) in [5.74, 6) is 8.57. The van der Waals surface area contributed by atoms with Gasteiger partial charge < -0.3 is 0 Å². The first kappa shape index (κ1) is 7.97. The number of hydrogen-bond donors (Lipinski definition) is 0. The van der Waals surface area contributed by atoms with E-state index in [1.807, 2.05) is 18.7 Å². The van der Waals surface area contributed by atoms with Gasteiger partial charge >= 0.3 is 0 Å². The van der Waals surface area contributed by atoms with Gasteiger partial charge in [-0.25, -0.2) is 0 Å². The lowest BCUT2D eigenvalue weighted by molar-refractivity contribution is 0.341. The summed E-state index contributed by atoms with van der Waals surface area (Å²) in [7, 11) is 0. The summed E-state index contributed by atoms with van der Waals surface area (Å²) in [6.45, 7) is 5.31. The van der Waals surface area contributed by atoms with Gasteiger partial charge in [-0.15, -0.1) is 5.92 Å². The minimum Gasteiger partial charge on any atom is -0.291 e. The SMILES string of the molecule is CC#CCN1CCSCC1. The molecular formula is C8H13NS. The third-order valence-corrected chi connectivity index (χ3v) is 2.53. The zero-order chi connectivity index (χ0) is 7.23. The first-order chi connectivity index (χ1) is 4.93. The molecule has 1 aliphatic rings. The lowest BCUT2D eigenvalue weighted by Gasteiger charge is -2.23. The molecule has 1 saturated heterocycles. The van der Waals surface area contributed by atoms with Gasteiger partial charge in [0.25, 0.3) is 0 Å². The van der Waals surface area contributed by atoms with Crippen molar-refractivity contribution in [2.24, 2.45) is 0 Å². The van der Waals surface area contributed by atoms with Crippen molar-refractivity contribution in [2.75, 3.05) is 31.1 Å². The second-order valence-corrected chi connectivity index (χ2v) is 3.54. The molecule has 0 aromatic rings. The zero-order valence-corrected chi connectivity index (χ0v) is 7.21. The Labute approximate surface area is 67.2 Å². The van der Waals surface area contributed by atoms with Crippen LogP contribution >= 0.6 is 11.8 Å². The van der Waals surface area contributed by atoms with Gasteiger partial charge in [0, 0.05) is 24.6 Å². The fourth-order valence-corrected chi connectivity index (χ4v) is 1.93. The lowest BCUT2D eigenvalue weighted by Crippen LogP contribution is -2.32. The Balaban J connectivity index is 2.17. The van der Waals surface area contributed by atoms with E-state index < -0.39 is 0 Å². The number of nitrogens with zero attached hydrogens (tertiary/aromatic N) is 1. The highest BCUT2D eigenvalue weighted by Gasteiger charge is 2.07. The maximum absolute atomic E-state index is 3.08. The van der Waals surface area contributed by atoms with Crippen LogP contribution in [0, 0.1) is 11.8 Å². The molecule has 0 aromatic carbocycles. The fourth-order valence-electron chi connectivity index (χ4n) is 0.950. The van der Waals surface area contributed by atoms with Crippen LogP contribution < -0.4 is 0 Å². The predicted molar refractivity (Wildman–Crippen MR) is 47.2 cm³/mol. The Morgan fingerprint density at radius 2 is 2.10 bits per heavy atom. The van der Waals surface area contributed by atoms with Crippen molar-refractivity contribution in [3.8, 4) is 11.8 Å². The smallest absolute Gasteiger partial charge is 0.0602 e. The summed E-state index contributed by atoms with van der Waals surface area (Å²) in [4.78, 5) is 2.41. The molecule has 1 nitrogen and oxygen atoms in total. The van der Waals surface area contributed by atoms with Gasteiger partial charge in [-0.2, -0.15) is 11.8 Å². The van der Waals surface area contributed by atoms with Crippen LogP contribution in [0.2, 0.25) is 0 Å². The summed E-state index contributed by atoms with van der Waals surface area (Å²) in [5.41, 5.74) is 0. The minimum absolute atomic E-state index is 0.969. The highest BCUT2D eigenvalue weighted by molar-refractivity contribution is 7.99. The van der Waals surface area contributed by atoms with E-state index >= 15 is 0 Å². The van der Waals surface area contributed by atoms with E-state index in [0.717, 1.165) is 6.54 Å². The lowest BCUT2D eigenvalue weighted by atomic mass is 10.4. The maximum atomic E-state index is 3.08.